The lowest BCUT2D eigenvalue weighted by atomic mass is 10.1. The fraction of sp³-hybridized carbons (Fsp3) is 0.375. The number of halogens is 1. The number of rotatable bonds is 5. The molecule has 1 aliphatic rings. The second kappa shape index (κ2) is 6.50. The number of hydrogen-bond acceptors (Lipinski definition) is 3. The van der Waals surface area contributed by atoms with Crippen molar-refractivity contribution in [1.82, 2.24) is 15.1 Å². The maximum Gasteiger partial charge on any atom is 0.356 e. The van der Waals surface area contributed by atoms with Crippen LogP contribution >= 0.6 is 11.6 Å². The normalized spacial score (nSPS) is 13.9. The van der Waals surface area contributed by atoms with Crippen LogP contribution in [0.5, 0.6) is 0 Å². The number of aromatic carboxylic acids is 1. The summed E-state index contributed by atoms with van der Waals surface area (Å²) in [5.41, 5.74) is 3.32. The number of nitrogens with zero attached hydrogens (tertiary/aromatic N) is 2. The molecule has 116 valence electrons. The van der Waals surface area contributed by atoms with Gasteiger partial charge >= 0.3 is 5.97 Å². The molecule has 3 rings (SSSR count). The van der Waals surface area contributed by atoms with Crippen molar-refractivity contribution in [1.29, 1.82) is 0 Å². The predicted octanol–water partition coefficient (Wildman–Crippen LogP) is 2.51. The molecule has 22 heavy (non-hydrogen) atoms. The van der Waals surface area contributed by atoms with Crippen LogP contribution in [-0.2, 0) is 25.9 Å². The monoisotopic (exact) mass is 319 g/mol. The number of fused-ring (bicyclic) bond motifs is 1. The lowest BCUT2D eigenvalue weighted by Gasteiger charge is -2.15. The first-order valence-electron chi connectivity index (χ1n) is 7.42. The first-order chi connectivity index (χ1) is 10.6. The first-order valence-corrected chi connectivity index (χ1v) is 7.80. The predicted molar refractivity (Wildman–Crippen MR) is 84.4 cm³/mol. The van der Waals surface area contributed by atoms with E-state index in [2.05, 4.69) is 10.4 Å². The van der Waals surface area contributed by atoms with E-state index in [9.17, 15) is 9.90 Å². The fourth-order valence-electron chi connectivity index (χ4n) is 2.86. The van der Waals surface area contributed by atoms with Crippen molar-refractivity contribution in [3.63, 3.8) is 0 Å². The molecule has 1 aromatic carbocycles. The highest BCUT2D eigenvalue weighted by molar-refractivity contribution is 6.30. The maximum absolute atomic E-state index is 11.3. The second-order valence-electron chi connectivity index (χ2n) is 5.46. The third kappa shape index (κ3) is 3.15. The van der Waals surface area contributed by atoms with E-state index in [0.717, 1.165) is 48.6 Å². The minimum Gasteiger partial charge on any atom is -0.476 e. The lowest BCUT2D eigenvalue weighted by molar-refractivity contribution is 0.0688. The number of aryl methyl sites for hydroxylation is 2. The second-order valence-corrected chi connectivity index (χ2v) is 5.90. The van der Waals surface area contributed by atoms with Crippen molar-refractivity contribution in [3.8, 4) is 0 Å². The molecule has 2 aromatic rings. The number of benzene rings is 1. The van der Waals surface area contributed by atoms with E-state index < -0.39 is 5.97 Å². The van der Waals surface area contributed by atoms with Crippen molar-refractivity contribution in [3.05, 3.63) is 51.8 Å². The van der Waals surface area contributed by atoms with Gasteiger partial charge in [-0.2, -0.15) is 5.10 Å². The van der Waals surface area contributed by atoms with Gasteiger partial charge in [-0.3, -0.25) is 4.68 Å². The highest BCUT2D eigenvalue weighted by atomic mass is 35.5. The number of carbonyl (C=O) groups is 1. The molecule has 2 N–H and O–H groups in total. The van der Waals surface area contributed by atoms with Crippen LogP contribution in [0.4, 0.5) is 0 Å². The molecule has 0 saturated heterocycles. The van der Waals surface area contributed by atoms with Crippen molar-refractivity contribution in [2.45, 2.75) is 32.4 Å². The van der Waals surface area contributed by atoms with Crippen LogP contribution in [0.25, 0.3) is 0 Å². The molecule has 1 aromatic heterocycles. The van der Waals surface area contributed by atoms with E-state index in [0.29, 0.717) is 6.54 Å². The molecule has 0 bridgehead atoms. The largest absolute Gasteiger partial charge is 0.476 e. The van der Waals surface area contributed by atoms with Crippen molar-refractivity contribution >= 4 is 17.6 Å². The molecule has 2 heterocycles. The summed E-state index contributed by atoms with van der Waals surface area (Å²) in [6.45, 7) is 2.20. The molecule has 0 saturated carbocycles. The molecule has 0 radical (unpaired) electrons. The summed E-state index contributed by atoms with van der Waals surface area (Å²) in [6, 6.07) is 7.82. The molecular weight excluding hydrogens is 302 g/mol. The summed E-state index contributed by atoms with van der Waals surface area (Å²) < 4.78 is 1.87. The molecular formula is C16H18ClN3O2. The summed E-state index contributed by atoms with van der Waals surface area (Å²) in [7, 11) is 0. The first kappa shape index (κ1) is 15.1. The quantitative estimate of drug-likeness (QED) is 0.888. The standard InChI is InChI=1S/C16H18ClN3O2/c17-12-5-3-11(4-6-12)2-1-9-20-14-7-8-18-10-13(14)15(19-20)16(21)22/h3-6,18H,1-2,7-10H2,(H,21,22). The van der Waals surface area contributed by atoms with Gasteiger partial charge < -0.3 is 10.4 Å². The van der Waals surface area contributed by atoms with Gasteiger partial charge in [-0.05, 0) is 30.5 Å². The Balaban J connectivity index is 1.70. The Morgan fingerprint density at radius 2 is 2.14 bits per heavy atom. The van der Waals surface area contributed by atoms with E-state index >= 15 is 0 Å². The molecule has 0 atom stereocenters. The van der Waals surface area contributed by atoms with Gasteiger partial charge in [0.25, 0.3) is 0 Å². The smallest absolute Gasteiger partial charge is 0.356 e. The third-order valence-electron chi connectivity index (χ3n) is 3.96. The van der Waals surface area contributed by atoms with Gasteiger partial charge in [0.1, 0.15) is 0 Å². The van der Waals surface area contributed by atoms with Crippen LogP contribution in [0, 0.1) is 0 Å². The van der Waals surface area contributed by atoms with Gasteiger partial charge in [-0.1, -0.05) is 23.7 Å². The zero-order valence-corrected chi connectivity index (χ0v) is 12.9. The van der Waals surface area contributed by atoms with E-state index in [1.165, 1.54) is 5.56 Å². The van der Waals surface area contributed by atoms with E-state index in [1.54, 1.807) is 0 Å². The summed E-state index contributed by atoms with van der Waals surface area (Å²) in [5.74, 6) is -0.948. The summed E-state index contributed by atoms with van der Waals surface area (Å²) in [5, 5.41) is 17.5. The highest BCUT2D eigenvalue weighted by Gasteiger charge is 2.24. The highest BCUT2D eigenvalue weighted by Crippen LogP contribution is 2.19. The van der Waals surface area contributed by atoms with Crippen LogP contribution in [0.15, 0.2) is 24.3 Å². The van der Waals surface area contributed by atoms with Crippen LogP contribution in [0.3, 0.4) is 0 Å². The Hall–Kier alpha value is -1.85. The molecule has 0 aliphatic carbocycles. The minimum absolute atomic E-state index is 0.189. The van der Waals surface area contributed by atoms with Crippen molar-refractivity contribution in [2.75, 3.05) is 6.54 Å². The summed E-state index contributed by atoms with van der Waals surface area (Å²) >= 11 is 5.88. The zero-order chi connectivity index (χ0) is 15.5. The number of carboxylic acid groups (broad SMARTS) is 1. The third-order valence-corrected chi connectivity index (χ3v) is 4.21. The van der Waals surface area contributed by atoms with Crippen LogP contribution in [0.2, 0.25) is 5.02 Å². The molecule has 1 aliphatic heterocycles. The fourth-order valence-corrected chi connectivity index (χ4v) is 2.99. The van der Waals surface area contributed by atoms with Gasteiger partial charge in [-0.15, -0.1) is 0 Å². The SMILES string of the molecule is O=C(O)c1nn(CCCc2ccc(Cl)cc2)c2c1CNCC2. The Bertz CT molecular complexity index is 679. The number of aromatic nitrogens is 2. The van der Waals surface area contributed by atoms with E-state index in [1.807, 2.05) is 28.9 Å². The number of nitrogens with one attached hydrogen (secondary N) is 1. The van der Waals surface area contributed by atoms with Crippen LogP contribution in [0.1, 0.15) is 33.7 Å². The molecule has 0 spiro atoms. The van der Waals surface area contributed by atoms with Gasteiger partial charge in [0.2, 0.25) is 0 Å². The van der Waals surface area contributed by atoms with Crippen molar-refractivity contribution < 1.29 is 9.90 Å². The minimum atomic E-state index is -0.948. The Morgan fingerprint density at radius 1 is 1.36 bits per heavy atom. The Morgan fingerprint density at radius 3 is 2.86 bits per heavy atom. The number of carboxylic acids is 1. The summed E-state index contributed by atoms with van der Waals surface area (Å²) in [4.78, 5) is 11.3. The van der Waals surface area contributed by atoms with Crippen LogP contribution in [-0.4, -0.2) is 27.4 Å². The van der Waals surface area contributed by atoms with E-state index in [-0.39, 0.29) is 5.69 Å². The van der Waals surface area contributed by atoms with Gasteiger partial charge in [0.05, 0.1) is 0 Å². The Kier molecular flexibility index (Phi) is 4.45. The maximum atomic E-state index is 11.3. The average molecular weight is 320 g/mol. The topological polar surface area (TPSA) is 67.1 Å². The molecule has 0 unspecified atom stereocenters. The number of hydrogen-bond donors (Lipinski definition) is 2. The van der Waals surface area contributed by atoms with Gasteiger partial charge in [0.15, 0.2) is 5.69 Å². The molecule has 6 heteroatoms. The average Bonchev–Trinajstić information content (AvgIpc) is 2.89. The zero-order valence-electron chi connectivity index (χ0n) is 12.2. The van der Waals surface area contributed by atoms with Gasteiger partial charge in [-0.25, -0.2) is 4.79 Å². The molecule has 0 amide bonds. The van der Waals surface area contributed by atoms with Crippen molar-refractivity contribution in [2.24, 2.45) is 0 Å². The summed E-state index contributed by atoms with van der Waals surface area (Å²) in [6.07, 6.45) is 2.67. The lowest BCUT2D eigenvalue weighted by Crippen LogP contribution is -2.25. The van der Waals surface area contributed by atoms with E-state index in [4.69, 9.17) is 11.6 Å². The van der Waals surface area contributed by atoms with Crippen LogP contribution < -0.4 is 5.32 Å². The molecule has 5 nitrogen and oxygen atoms in total. The van der Waals surface area contributed by atoms with Gasteiger partial charge in [0, 0.05) is 42.3 Å². The Labute approximate surface area is 133 Å². The molecule has 0 fully saturated rings.